The molecule has 1 aromatic heterocycles. The molecule has 0 aliphatic carbocycles. The summed E-state index contributed by atoms with van der Waals surface area (Å²) in [5.74, 6) is 0.776. The summed E-state index contributed by atoms with van der Waals surface area (Å²) in [7, 11) is -3.32. The molecule has 0 unspecified atom stereocenters. The molecule has 2 heterocycles. The maximum absolute atomic E-state index is 13.5. The first kappa shape index (κ1) is 25.6. The molecule has 4 rings (SSSR count). The van der Waals surface area contributed by atoms with Crippen LogP contribution < -0.4 is 19.5 Å². The lowest BCUT2D eigenvalue weighted by Crippen LogP contribution is -2.17. The topological polar surface area (TPSA) is 109 Å². The average Bonchev–Trinajstić information content (AvgIpc) is 3.30. The molecular weight excluding hydrogens is 482 g/mol. The van der Waals surface area contributed by atoms with Crippen molar-refractivity contribution in [3.63, 3.8) is 0 Å². The third-order valence-corrected chi connectivity index (χ3v) is 7.37. The largest absolute Gasteiger partial charge is 0.490 e. The number of aryl methyl sites for hydroxylation is 2. The summed E-state index contributed by atoms with van der Waals surface area (Å²) in [4.78, 5) is 13.5. The van der Waals surface area contributed by atoms with Crippen molar-refractivity contribution in [3.8, 4) is 22.9 Å². The van der Waals surface area contributed by atoms with Crippen molar-refractivity contribution in [1.82, 2.24) is 9.78 Å². The van der Waals surface area contributed by atoms with Gasteiger partial charge < -0.3 is 19.5 Å². The zero-order valence-corrected chi connectivity index (χ0v) is 22.0. The van der Waals surface area contributed by atoms with E-state index in [0.717, 1.165) is 16.8 Å². The van der Waals surface area contributed by atoms with E-state index < -0.39 is 15.7 Å². The maximum atomic E-state index is 13.5. The lowest BCUT2D eigenvalue weighted by molar-refractivity contribution is 0.102. The van der Waals surface area contributed by atoms with E-state index in [-0.39, 0.29) is 17.1 Å². The second-order valence-electron chi connectivity index (χ2n) is 8.54. The van der Waals surface area contributed by atoms with Gasteiger partial charge in [0.05, 0.1) is 42.7 Å². The van der Waals surface area contributed by atoms with Gasteiger partial charge in [-0.15, -0.1) is 0 Å². The number of hydrogen-bond donors (Lipinski definition) is 1. The van der Waals surface area contributed by atoms with E-state index >= 15 is 0 Å². The molecule has 1 amide bonds. The standard InChI is InChI=1S/C26H31N3O6S/c1-6-33-22-12-18(13-23(34-7-2)24(22)35-8-3)26(30)27-25-20-14-36(31,32)15-21(20)28-29(25)19-10-9-16(4)17(5)11-19/h9-13H,6-8,14-15H2,1-5H3,(H,27,30). The predicted octanol–water partition coefficient (Wildman–Crippen LogP) is 4.37. The number of carbonyl (C=O) groups excluding carboxylic acids is 1. The number of fused-ring (bicyclic) bond motifs is 1. The van der Waals surface area contributed by atoms with Crippen LogP contribution in [0.5, 0.6) is 17.2 Å². The Bertz CT molecular complexity index is 1380. The van der Waals surface area contributed by atoms with Crippen molar-refractivity contribution in [2.45, 2.75) is 46.1 Å². The van der Waals surface area contributed by atoms with Gasteiger partial charge in [0.25, 0.3) is 5.91 Å². The number of carbonyl (C=O) groups is 1. The Kier molecular flexibility index (Phi) is 7.26. The van der Waals surface area contributed by atoms with Crippen LogP contribution in [0.1, 0.15) is 53.5 Å². The number of amides is 1. The number of ether oxygens (including phenoxy) is 3. The molecule has 3 aromatic rings. The second-order valence-corrected chi connectivity index (χ2v) is 10.6. The highest BCUT2D eigenvalue weighted by Crippen LogP contribution is 2.40. The third-order valence-electron chi connectivity index (χ3n) is 5.93. The number of rotatable bonds is 9. The molecular formula is C26H31N3O6S. The smallest absolute Gasteiger partial charge is 0.257 e. The average molecular weight is 514 g/mol. The fraction of sp³-hybridized carbons (Fsp3) is 0.385. The minimum absolute atomic E-state index is 0.158. The number of sulfone groups is 1. The first-order chi connectivity index (χ1) is 17.2. The van der Waals surface area contributed by atoms with Crippen LogP contribution in [0, 0.1) is 13.8 Å². The van der Waals surface area contributed by atoms with Crippen molar-refractivity contribution in [1.29, 1.82) is 0 Å². The van der Waals surface area contributed by atoms with Crippen LogP contribution in [-0.2, 0) is 21.3 Å². The van der Waals surface area contributed by atoms with Gasteiger partial charge in [0.1, 0.15) is 5.82 Å². The fourth-order valence-electron chi connectivity index (χ4n) is 4.11. The van der Waals surface area contributed by atoms with Crippen LogP contribution in [0.15, 0.2) is 30.3 Å². The van der Waals surface area contributed by atoms with Crippen LogP contribution in [0.2, 0.25) is 0 Å². The molecule has 0 spiro atoms. The van der Waals surface area contributed by atoms with Crippen LogP contribution in [0.3, 0.4) is 0 Å². The quantitative estimate of drug-likeness (QED) is 0.453. The van der Waals surface area contributed by atoms with Gasteiger partial charge in [-0.05, 0) is 70.0 Å². The summed E-state index contributed by atoms with van der Waals surface area (Å²) in [5, 5.41) is 7.47. The third kappa shape index (κ3) is 5.04. The van der Waals surface area contributed by atoms with E-state index in [1.165, 1.54) is 0 Å². The minimum atomic E-state index is -3.32. The normalized spacial score (nSPS) is 13.8. The van der Waals surface area contributed by atoms with Crippen LogP contribution in [-0.4, -0.2) is 43.9 Å². The number of nitrogens with zero attached hydrogens (tertiary/aromatic N) is 2. The lowest BCUT2D eigenvalue weighted by atomic mass is 10.1. The van der Waals surface area contributed by atoms with E-state index in [2.05, 4.69) is 10.4 Å². The van der Waals surface area contributed by atoms with Gasteiger partial charge in [0.2, 0.25) is 5.75 Å². The van der Waals surface area contributed by atoms with Gasteiger partial charge in [-0.2, -0.15) is 5.10 Å². The monoisotopic (exact) mass is 513 g/mol. The van der Waals surface area contributed by atoms with Crippen LogP contribution in [0.4, 0.5) is 5.82 Å². The zero-order chi connectivity index (χ0) is 26.0. The lowest BCUT2D eigenvalue weighted by Gasteiger charge is -2.17. The Hall–Kier alpha value is -3.53. The Morgan fingerprint density at radius 3 is 2.17 bits per heavy atom. The molecule has 1 N–H and O–H groups in total. The van der Waals surface area contributed by atoms with Crippen molar-refractivity contribution in [2.24, 2.45) is 0 Å². The van der Waals surface area contributed by atoms with Crippen molar-refractivity contribution < 1.29 is 27.4 Å². The van der Waals surface area contributed by atoms with Gasteiger partial charge in [-0.25, -0.2) is 13.1 Å². The molecule has 10 heteroatoms. The molecule has 9 nitrogen and oxygen atoms in total. The Balaban J connectivity index is 1.78. The van der Waals surface area contributed by atoms with Gasteiger partial charge in [0, 0.05) is 11.1 Å². The van der Waals surface area contributed by atoms with Crippen molar-refractivity contribution in [3.05, 3.63) is 58.3 Å². The number of hydrogen-bond acceptors (Lipinski definition) is 7. The first-order valence-electron chi connectivity index (χ1n) is 11.9. The molecule has 0 saturated carbocycles. The highest BCUT2D eigenvalue weighted by atomic mass is 32.2. The molecule has 0 fully saturated rings. The fourth-order valence-corrected chi connectivity index (χ4v) is 5.61. The first-order valence-corrected chi connectivity index (χ1v) is 13.8. The number of nitrogens with one attached hydrogen (secondary N) is 1. The molecule has 0 radical (unpaired) electrons. The zero-order valence-electron chi connectivity index (χ0n) is 21.2. The highest BCUT2D eigenvalue weighted by molar-refractivity contribution is 7.90. The Morgan fingerprint density at radius 2 is 1.58 bits per heavy atom. The summed E-state index contributed by atoms with van der Waals surface area (Å²) in [6.07, 6.45) is 0. The van der Waals surface area contributed by atoms with E-state index in [9.17, 15) is 13.2 Å². The molecule has 192 valence electrons. The molecule has 1 aliphatic heterocycles. The van der Waals surface area contributed by atoms with Crippen molar-refractivity contribution >= 4 is 21.6 Å². The molecule has 0 bridgehead atoms. The molecule has 1 aliphatic rings. The number of anilines is 1. The highest BCUT2D eigenvalue weighted by Gasteiger charge is 2.33. The molecule has 0 atom stereocenters. The molecule has 36 heavy (non-hydrogen) atoms. The summed E-state index contributed by atoms with van der Waals surface area (Å²) >= 11 is 0. The SMILES string of the molecule is CCOc1cc(C(=O)Nc2c3c(nn2-c2ccc(C)c(C)c2)CS(=O)(=O)C3)cc(OCC)c1OCC. The summed E-state index contributed by atoms with van der Waals surface area (Å²) in [6.45, 7) is 10.7. The minimum Gasteiger partial charge on any atom is -0.490 e. The number of aromatic nitrogens is 2. The van der Waals surface area contributed by atoms with Crippen LogP contribution in [0.25, 0.3) is 5.69 Å². The van der Waals surface area contributed by atoms with Crippen molar-refractivity contribution in [2.75, 3.05) is 25.1 Å². The van der Waals surface area contributed by atoms with E-state index in [1.807, 2.05) is 52.8 Å². The van der Waals surface area contributed by atoms with E-state index in [0.29, 0.717) is 54.1 Å². The molecule has 0 saturated heterocycles. The van der Waals surface area contributed by atoms with Gasteiger partial charge >= 0.3 is 0 Å². The van der Waals surface area contributed by atoms with Gasteiger partial charge in [-0.1, -0.05) is 6.07 Å². The summed E-state index contributed by atoms with van der Waals surface area (Å²) in [5.41, 5.74) is 4.14. The van der Waals surface area contributed by atoms with Gasteiger partial charge in [-0.3, -0.25) is 4.79 Å². The second kappa shape index (κ2) is 10.2. The Labute approximate surface area is 211 Å². The van der Waals surface area contributed by atoms with Crippen LogP contribution >= 0.6 is 0 Å². The predicted molar refractivity (Wildman–Crippen MR) is 137 cm³/mol. The Morgan fingerprint density at radius 1 is 0.944 bits per heavy atom. The summed E-state index contributed by atoms with van der Waals surface area (Å²) < 4.78 is 43.5. The number of benzene rings is 2. The van der Waals surface area contributed by atoms with Gasteiger partial charge in [0.15, 0.2) is 21.3 Å². The van der Waals surface area contributed by atoms with E-state index in [1.54, 1.807) is 16.8 Å². The molecule has 2 aromatic carbocycles. The maximum Gasteiger partial charge on any atom is 0.257 e. The van der Waals surface area contributed by atoms with E-state index in [4.69, 9.17) is 14.2 Å². The summed E-state index contributed by atoms with van der Waals surface area (Å²) in [6, 6.07) is 9.01.